The maximum absolute atomic E-state index is 13.3. The third kappa shape index (κ3) is 4.86. The van der Waals surface area contributed by atoms with Gasteiger partial charge in [-0.2, -0.15) is 4.31 Å². The highest BCUT2D eigenvalue weighted by atomic mass is 32.2. The van der Waals surface area contributed by atoms with Crippen LogP contribution in [0.5, 0.6) is 5.75 Å². The van der Waals surface area contributed by atoms with Gasteiger partial charge >= 0.3 is 0 Å². The molecule has 3 rings (SSSR count). The average molecular weight is 450 g/mol. The summed E-state index contributed by atoms with van der Waals surface area (Å²) in [5.41, 5.74) is -0.401. The van der Waals surface area contributed by atoms with E-state index in [1.165, 1.54) is 43.2 Å². The number of ether oxygens (including phenoxy) is 1. The normalized spacial score (nSPS) is 19.9. The predicted octanol–water partition coefficient (Wildman–Crippen LogP) is 1.52. The fourth-order valence-electron chi connectivity index (χ4n) is 3.51. The van der Waals surface area contributed by atoms with Gasteiger partial charge < -0.3 is 10.1 Å². The Morgan fingerprint density at radius 1 is 1.16 bits per heavy atom. The molecule has 0 unspecified atom stereocenters. The lowest BCUT2D eigenvalue weighted by atomic mass is 9.94. The van der Waals surface area contributed by atoms with E-state index in [-0.39, 0.29) is 19.6 Å². The Balaban J connectivity index is 1.93. The Kier molecular flexibility index (Phi) is 6.33. The Morgan fingerprint density at radius 2 is 1.77 bits per heavy atom. The molecule has 2 aromatic carbocycles. The second-order valence-electron chi connectivity index (χ2n) is 7.54. The van der Waals surface area contributed by atoms with Gasteiger partial charge in [0.2, 0.25) is 21.8 Å². The van der Waals surface area contributed by atoms with Crippen LogP contribution in [-0.2, 0) is 26.2 Å². The number of benzene rings is 2. The van der Waals surface area contributed by atoms with E-state index < -0.39 is 33.2 Å². The fraction of sp³-hybridized carbons (Fsp3) is 0.333. The molecule has 0 radical (unpaired) electrons. The van der Waals surface area contributed by atoms with Crippen LogP contribution in [0, 0.1) is 5.82 Å². The maximum Gasteiger partial charge on any atom is 0.247 e. The number of rotatable bonds is 6. The molecule has 10 heteroatoms. The minimum atomic E-state index is -3.71. The molecule has 0 aliphatic carbocycles. The van der Waals surface area contributed by atoms with Crippen LogP contribution in [0.4, 0.5) is 10.1 Å². The first-order chi connectivity index (χ1) is 14.5. The number of sulfonamides is 1. The minimum absolute atomic E-state index is 0.0955. The molecule has 0 saturated carbocycles. The third-order valence-corrected chi connectivity index (χ3v) is 6.39. The van der Waals surface area contributed by atoms with Crippen LogP contribution in [0.3, 0.4) is 0 Å². The van der Waals surface area contributed by atoms with E-state index in [1.807, 2.05) is 0 Å². The molecule has 2 aromatic rings. The van der Waals surface area contributed by atoms with Crippen molar-refractivity contribution in [1.82, 2.24) is 9.62 Å². The molecule has 0 aromatic heterocycles. The van der Waals surface area contributed by atoms with Crippen molar-refractivity contribution < 1.29 is 27.1 Å². The van der Waals surface area contributed by atoms with E-state index in [4.69, 9.17) is 4.74 Å². The van der Waals surface area contributed by atoms with E-state index in [9.17, 15) is 22.4 Å². The number of nitrogens with one attached hydrogen (secondary N) is 1. The molecule has 0 spiro atoms. The Morgan fingerprint density at radius 3 is 2.32 bits per heavy atom. The number of amides is 2. The van der Waals surface area contributed by atoms with Gasteiger partial charge in [0.25, 0.3) is 0 Å². The first kappa shape index (κ1) is 22.7. The van der Waals surface area contributed by atoms with Crippen LogP contribution in [0.2, 0.25) is 0 Å². The number of carbonyl (C=O) groups is 2. The number of hydrogen-bond acceptors (Lipinski definition) is 5. The summed E-state index contributed by atoms with van der Waals surface area (Å²) in [6.45, 7) is 1.04. The molecular weight excluding hydrogens is 425 g/mol. The fourth-order valence-corrected chi connectivity index (χ4v) is 4.34. The van der Waals surface area contributed by atoms with Crippen LogP contribution in [0.15, 0.2) is 48.5 Å². The predicted molar refractivity (Wildman–Crippen MR) is 114 cm³/mol. The largest absolute Gasteiger partial charge is 0.497 e. The lowest BCUT2D eigenvalue weighted by Crippen LogP contribution is -2.70. The van der Waals surface area contributed by atoms with Crippen LogP contribution in [-0.4, -0.2) is 56.5 Å². The molecule has 1 saturated heterocycles. The lowest BCUT2D eigenvalue weighted by Gasteiger charge is -2.46. The van der Waals surface area contributed by atoms with Crippen molar-refractivity contribution in [3.8, 4) is 5.75 Å². The molecule has 1 fully saturated rings. The van der Waals surface area contributed by atoms with Crippen molar-refractivity contribution in [3.05, 3.63) is 59.9 Å². The highest BCUT2D eigenvalue weighted by Crippen LogP contribution is 2.31. The van der Waals surface area contributed by atoms with Gasteiger partial charge in [0.15, 0.2) is 0 Å². The summed E-state index contributed by atoms with van der Waals surface area (Å²) < 4.78 is 43.6. The van der Waals surface area contributed by atoms with Crippen molar-refractivity contribution in [3.63, 3.8) is 0 Å². The van der Waals surface area contributed by atoms with Gasteiger partial charge in [-0.25, -0.2) is 12.8 Å². The number of piperazine rings is 1. The Labute approximate surface area is 180 Å². The first-order valence-electron chi connectivity index (χ1n) is 9.49. The summed E-state index contributed by atoms with van der Waals surface area (Å²) in [4.78, 5) is 27.6. The number of carbonyl (C=O) groups excluding carboxylic acids is 2. The standard InChI is InChI=1S/C21H24FN3O5S/c1-21(20(27)23-12-15-4-6-16(22)7-5-15)14-24(31(3,28)29)13-19(26)25(21)17-8-10-18(30-2)11-9-17/h4-11H,12-14H2,1-3H3,(H,23,27)/t21-/m1/s1. The monoisotopic (exact) mass is 449 g/mol. The van der Waals surface area contributed by atoms with Crippen LogP contribution in [0.1, 0.15) is 12.5 Å². The van der Waals surface area contributed by atoms with Crippen molar-refractivity contribution in [2.45, 2.75) is 19.0 Å². The van der Waals surface area contributed by atoms with Gasteiger partial charge in [-0.3, -0.25) is 14.5 Å². The molecular formula is C21H24FN3O5S. The molecule has 8 nitrogen and oxygen atoms in total. The van der Waals surface area contributed by atoms with Gasteiger partial charge in [-0.15, -0.1) is 0 Å². The van der Waals surface area contributed by atoms with E-state index in [0.29, 0.717) is 17.0 Å². The molecule has 0 bridgehead atoms. The topological polar surface area (TPSA) is 96.0 Å². The van der Waals surface area contributed by atoms with Gasteiger partial charge in [-0.1, -0.05) is 12.1 Å². The summed E-state index contributed by atoms with van der Waals surface area (Å²) in [7, 11) is -2.20. The average Bonchev–Trinajstić information content (AvgIpc) is 2.72. The summed E-state index contributed by atoms with van der Waals surface area (Å²) in [6, 6.07) is 12.2. The highest BCUT2D eigenvalue weighted by Gasteiger charge is 2.50. The summed E-state index contributed by atoms with van der Waals surface area (Å²) in [5.74, 6) is -0.876. The Bertz CT molecular complexity index is 1070. The van der Waals surface area contributed by atoms with E-state index in [0.717, 1.165) is 10.6 Å². The second-order valence-corrected chi connectivity index (χ2v) is 9.52. The molecule has 1 atom stereocenters. The number of methoxy groups -OCH3 is 1. The van der Waals surface area contributed by atoms with Crippen LogP contribution < -0.4 is 15.0 Å². The van der Waals surface area contributed by atoms with Crippen molar-refractivity contribution in [1.29, 1.82) is 0 Å². The smallest absolute Gasteiger partial charge is 0.247 e. The van der Waals surface area contributed by atoms with E-state index in [1.54, 1.807) is 24.3 Å². The van der Waals surface area contributed by atoms with Crippen molar-refractivity contribution in [2.75, 3.05) is 31.4 Å². The molecule has 31 heavy (non-hydrogen) atoms. The molecule has 166 valence electrons. The van der Waals surface area contributed by atoms with Gasteiger partial charge in [0, 0.05) is 18.8 Å². The SMILES string of the molecule is COc1ccc(N2C(=O)CN(S(C)(=O)=O)C[C@]2(C)C(=O)NCc2ccc(F)cc2)cc1. The zero-order chi connectivity index (χ0) is 22.8. The highest BCUT2D eigenvalue weighted by molar-refractivity contribution is 7.88. The molecule has 1 aliphatic rings. The zero-order valence-electron chi connectivity index (χ0n) is 17.5. The molecule has 1 heterocycles. The molecule has 1 aliphatic heterocycles. The quantitative estimate of drug-likeness (QED) is 0.721. The second kappa shape index (κ2) is 8.64. The van der Waals surface area contributed by atoms with Crippen molar-refractivity contribution >= 4 is 27.5 Å². The zero-order valence-corrected chi connectivity index (χ0v) is 18.3. The summed E-state index contributed by atoms with van der Waals surface area (Å²) >= 11 is 0. The van der Waals surface area contributed by atoms with E-state index in [2.05, 4.69) is 5.32 Å². The number of hydrogen-bond donors (Lipinski definition) is 1. The van der Waals surface area contributed by atoms with E-state index >= 15 is 0 Å². The number of nitrogens with zero attached hydrogens (tertiary/aromatic N) is 2. The molecule has 2 amide bonds. The third-order valence-electron chi connectivity index (χ3n) is 5.19. The number of halogens is 1. The lowest BCUT2D eigenvalue weighted by molar-refractivity contribution is -0.133. The minimum Gasteiger partial charge on any atom is -0.497 e. The molecule has 1 N–H and O–H groups in total. The summed E-state index contributed by atoms with van der Waals surface area (Å²) in [6.07, 6.45) is 1.00. The van der Waals surface area contributed by atoms with Crippen LogP contribution in [0.25, 0.3) is 0 Å². The number of anilines is 1. The van der Waals surface area contributed by atoms with Crippen molar-refractivity contribution in [2.24, 2.45) is 0 Å². The van der Waals surface area contributed by atoms with Crippen LogP contribution >= 0.6 is 0 Å². The Hall–Kier alpha value is -2.98. The first-order valence-corrected chi connectivity index (χ1v) is 11.3. The van der Waals surface area contributed by atoms with Gasteiger partial charge in [0.05, 0.1) is 19.9 Å². The maximum atomic E-state index is 13.3. The van der Waals surface area contributed by atoms with Gasteiger partial charge in [-0.05, 0) is 48.9 Å². The summed E-state index contributed by atoms with van der Waals surface area (Å²) in [5, 5.41) is 2.74. The van der Waals surface area contributed by atoms with Gasteiger partial charge in [0.1, 0.15) is 17.1 Å².